The fourth-order valence-corrected chi connectivity index (χ4v) is 4.10. The van der Waals surface area contributed by atoms with Crippen molar-refractivity contribution in [2.45, 2.75) is 39.0 Å². The van der Waals surface area contributed by atoms with Gasteiger partial charge in [0.25, 0.3) is 0 Å². The molecular weight excluding hydrogens is 470 g/mol. The molecule has 0 aliphatic carbocycles. The number of ether oxygens (including phenoxy) is 2. The van der Waals surface area contributed by atoms with Crippen LogP contribution < -0.4 is 4.74 Å². The molecule has 1 atom stereocenters. The number of aliphatic hydroxyl groups is 1. The topological polar surface area (TPSA) is 90.0 Å². The number of carbonyl (C=O) groups excluding carboxylic acids is 1. The predicted octanol–water partition coefficient (Wildman–Crippen LogP) is 5.18. The monoisotopic (exact) mass is 503 g/mol. The Balaban J connectivity index is 1.63. The molecule has 37 heavy (non-hydrogen) atoms. The minimum absolute atomic E-state index is 0.0700. The quantitative estimate of drug-likeness (QED) is 0.252. The van der Waals surface area contributed by atoms with Crippen molar-refractivity contribution in [1.82, 2.24) is 14.7 Å². The van der Waals surface area contributed by atoms with Crippen LogP contribution in [-0.2, 0) is 29.7 Å². The maximum Gasteiger partial charge on any atom is 0.305 e. The van der Waals surface area contributed by atoms with E-state index in [1.54, 1.807) is 10.9 Å². The lowest BCUT2D eigenvalue weighted by atomic mass is 10.1. The number of nitrogens with zero attached hydrogens (tertiary/aromatic N) is 3. The summed E-state index contributed by atoms with van der Waals surface area (Å²) < 4.78 is 18.9. The van der Waals surface area contributed by atoms with Gasteiger partial charge in [-0.1, -0.05) is 55.5 Å². The van der Waals surface area contributed by atoms with Crippen molar-refractivity contribution in [3.63, 3.8) is 0 Å². The number of para-hydroxylation sites is 1. The Morgan fingerprint density at radius 1 is 1.05 bits per heavy atom. The van der Waals surface area contributed by atoms with E-state index in [-0.39, 0.29) is 19.1 Å². The Kier molecular flexibility index (Phi) is 9.13. The maximum atomic E-state index is 11.8. The summed E-state index contributed by atoms with van der Waals surface area (Å²) in [5, 5.41) is 15.5. The summed E-state index contributed by atoms with van der Waals surface area (Å²) in [6.45, 7) is 2.96. The Hall–Kier alpha value is -3.88. The fourth-order valence-electron chi connectivity index (χ4n) is 4.10. The third-order valence-corrected chi connectivity index (χ3v) is 5.79. The van der Waals surface area contributed by atoms with Gasteiger partial charge in [-0.3, -0.25) is 9.69 Å². The van der Waals surface area contributed by atoms with Crippen LogP contribution >= 0.6 is 0 Å². The molecule has 194 valence electrons. The Morgan fingerprint density at radius 2 is 1.78 bits per heavy atom. The first-order chi connectivity index (χ1) is 18.0. The third kappa shape index (κ3) is 7.31. The van der Waals surface area contributed by atoms with Crippen LogP contribution in [0.3, 0.4) is 0 Å². The molecule has 0 saturated carbocycles. The lowest BCUT2D eigenvalue weighted by Crippen LogP contribution is -2.35. The molecule has 1 N–H and O–H groups in total. The third-order valence-electron chi connectivity index (χ3n) is 5.79. The molecule has 0 aliphatic rings. The molecule has 8 nitrogen and oxygen atoms in total. The highest BCUT2D eigenvalue weighted by Gasteiger charge is 2.24. The minimum atomic E-state index is -0.869. The maximum absolute atomic E-state index is 11.8. The van der Waals surface area contributed by atoms with Gasteiger partial charge in [-0.15, -0.1) is 0 Å². The number of hydrogen-bond acceptors (Lipinski definition) is 7. The number of esters is 1. The predicted molar refractivity (Wildman–Crippen MR) is 140 cm³/mol. The van der Waals surface area contributed by atoms with E-state index >= 15 is 0 Å². The first kappa shape index (κ1) is 26.2. The molecule has 2 aromatic carbocycles. The van der Waals surface area contributed by atoms with E-state index in [9.17, 15) is 9.90 Å². The van der Waals surface area contributed by atoms with Crippen molar-refractivity contribution < 1.29 is 23.8 Å². The molecule has 1 unspecified atom stereocenters. The fraction of sp³-hybridized carbons (Fsp3) is 0.310. The van der Waals surface area contributed by atoms with E-state index in [2.05, 4.69) is 0 Å². The van der Waals surface area contributed by atoms with Crippen LogP contribution in [0.5, 0.6) is 11.6 Å². The SMILES string of the molecule is CCCC(=O)OCC(O)CN(Cc1ccco1)Cc1c(-c2ccccc2)nn(C)c1Oc1ccccc1. The van der Waals surface area contributed by atoms with Gasteiger partial charge in [0.2, 0.25) is 5.88 Å². The zero-order valence-electron chi connectivity index (χ0n) is 21.2. The van der Waals surface area contributed by atoms with Crippen molar-refractivity contribution in [3.05, 3.63) is 90.4 Å². The molecule has 8 heteroatoms. The summed E-state index contributed by atoms with van der Waals surface area (Å²) in [4.78, 5) is 13.9. The molecule has 0 saturated heterocycles. The zero-order valence-corrected chi connectivity index (χ0v) is 21.2. The van der Waals surface area contributed by atoms with Gasteiger partial charge in [0.05, 0.1) is 18.4 Å². The largest absolute Gasteiger partial charge is 0.468 e. The molecule has 0 radical (unpaired) electrons. The second kappa shape index (κ2) is 12.9. The molecule has 0 spiro atoms. The van der Waals surface area contributed by atoms with Crippen molar-refractivity contribution in [1.29, 1.82) is 0 Å². The van der Waals surface area contributed by atoms with Gasteiger partial charge in [0.15, 0.2) is 0 Å². The average Bonchev–Trinajstić information content (AvgIpc) is 3.52. The molecule has 0 aliphatic heterocycles. The van der Waals surface area contributed by atoms with Gasteiger partial charge in [-0.05, 0) is 30.7 Å². The summed E-state index contributed by atoms with van der Waals surface area (Å²) in [6, 6.07) is 23.2. The smallest absolute Gasteiger partial charge is 0.305 e. The van der Waals surface area contributed by atoms with Crippen LogP contribution in [0.1, 0.15) is 31.1 Å². The first-order valence-electron chi connectivity index (χ1n) is 12.5. The number of hydrogen-bond donors (Lipinski definition) is 1. The molecule has 4 rings (SSSR count). The highest BCUT2D eigenvalue weighted by molar-refractivity contribution is 5.69. The van der Waals surface area contributed by atoms with Crippen LogP contribution in [0.4, 0.5) is 0 Å². The number of rotatable bonds is 13. The van der Waals surface area contributed by atoms with E-state index in [0.717, 1.165) is 22.6 Å². The van der Waals surface area contributed by atoms with Crippen molar-refractivity contribution in [3.8, 4) is 22.9 Å². The summed E-state index contributed by atoms with van der Waals surface area (Å²) in [6.07, 6.45) is 1.79. The van der Waals surface area contributed by atoms with E-state index < -0.39 is 6.10 Å². The summed E-state index contributed by atoms with van der Waals surface area (Å²) >= 11 is 0. The van der Waals surface area contributed by atoms with E-state index in [0.29, 0.717) is 37.6 Å². The number of aromatic nitrogens is 2. The van der Waals surface area contributed by atoms with Gasteiger partial charge < -0.3 is 19.0 Å². The molecular formula is C29H33N3O5. The zero-order chi connectivity index (χ0) is 26.0. The molecule has 4 aromatic rings. The number of aryl methyl sites for hydroxylation is 1. The standard InChI is InChI=1S/C29H33N3O5/c1-3-11-27(34)36-21-23(33)18-32(19-25-16-10-17-35-25)20-26-28(22-12-6-4-7-13-22)30-31(2)29(26)37-24-14-8-5-9-15-24/h4-10,12-17,23,33H,3,11,18-21H2,1-2H3. The van der Waals surface area contributed by atoms with Crippen molar-refractivity contribution >= 4 is 5.97 Å². The average molecular weight is 504 g/mol. The molecule has 2 heterocycles. The van der Waals surface area contributed by atoms with Crippen LogP contribution in [0.25, 0.3) is 11.3 Å². The van der Waals surface area contributed by atoms with Crippen molar-refractivity contribution in [2.24, 2.45) is 7.05 Å². The highest BCUT2D eigenvalue weighted by atomic mass is 16.5. The lowest BCUT2D eigenvalue weighted by molar-refractivity contribution is -0.147. The van der Waals surface area contributed by atoms with E-state index in [1.165, 1.54) is 0 Å². The normalized spacial score (nSPS) is 12.0. The van der Waals surface area contributed by atoms with Gasteiger partial charge in [-0.2, -0.15) is 5.10 Å². The lowest BCUT2D eigenvalue weighted by Gasteiger charge is -2.24. The van der Waals surface area contributed by atoms with Gasteiger partial charge in [0, 0.05) is 32.1 Å². The molecule has 0 amide bonds. The summed E-state index contributed by atoms with van der Waals surface area (Å²) in [5.74, 6) is 1.76. The van der Waals surface area contributed by atoms with Crippen LogP contribution in [0, 0.1) is 0 Å². The van der Waals surface area contributed by atoms with Crippen LogP contribution in [0.2, 0.25) is 0 Å². The van der Waals surface area contributed by atoms with E-state index in [4.69, 9.17) is 19.0 Å². The molecule has 0 bridgehead atoms. The van der Waals surface area contributed by atoms with Gasteiger partial charge in [-0.25, -0.2) is 4.68 Å². The molecule has 2 aromatic heterocycles. The minimum Gasteiger partial charge on any atom is -0.468 e. The second-order valence-electron chi connectivity index (χ2n) is 8.87. The summed E-state index contributed by atoms with van der Waals surface area (Å²) in [5.41, 5.74) is 2.63. The van der Waals surface area contributed by atoms with Crippen LogP contribution in [0.15, 0.2) is 83.5 Å². The number of carbonyl (C=O) groups is 1. The first-order valence-corrected chi connectivity index (χ1v) is 12.5. The number of benzene rings is 2. The van der Waals surface area contributed by atoms with Gasteiger partial charge >= 0.3 is 5.97 Å². The highest BCUT2D eigenvalue weighted by Crippen LogP contribution is 2.34. The number of aliphatic hydroxyl groups excluding tert-OH is 1. The Bertz CT molecular complexity index is 1240. The Labute approximate surface area is 217 Å². The second-order valence-corrected chi connectivity index (χ2v) is 8.87. The number of furan rings is 1. The van der Waals surface area contributed by atoms with Crippen LogP contribution in [-0.4, -0.2) is 45.0 Å². The van der Waals surface area contributed by atoms with E-state index in [1.807, 2.05) is 91.7 Å². The Morgan fingerprint density at radius 3 is 2.46 bits per heavy atom. The van der Waals surface area contributed by atoms with Crippen molar-refractivity contribution in [2.75, 3.05) is 13.2 Å². The molecule has 0 fully saturated rings. The van der Waals surface area contributed by atoms with Gasteiger partial charge in [0.1, 0.15) is 29.9 Å². The summed E-state index contributed by atoms with van der Waals surface area (Å²) in [7, 11) is 1.85.